The summed E-state index contributed by atoms with van der Waals surface area (Å²) in [6.45, 7) is -0.0339. The van der Waals surface area contributed by atoms with Crippen molar-refractivity contribution in [2.45, 2.75) is 6.61 Å². The minimum atomic E-state index is -0.787. The maximum atomic E-state index is 11.4. The molecule has 1 aliphatic rings. The fraction of sp³-hybridized carbons (Fsp3) is 0.154. The van der Waals surface area contributed by atoms with Crippen molar-refractivity contribution in [1.29, 1.82) is 0 Å². The molecule has 0 spiro atoms. The monoisotopic (exact) mass is 263 g/mol. The van der Waals surface area contributed by atoms with E-state index in [0.29, 0.717) is 0 Å². The molecule has 1 aromatic rings. The van der Waals surface area contributed by atoms with Crippen LogP contribution in [0.2, 0.25) is 0 Å². The third-order valence-corrected chi connectivity index (χ3v) is 2.21. The van der Waals surface area contributed by atoms with Crippen LogP contribution in [-0.2, 0) is 30.4 Å². The van der Waals surface area contributed by atoms with Crippen molar-refractivity contribution in [3.05, 3.63) is 47.7 Å². The van der Waals surface area contributed by atoms with Gasteiger partial charge in [-0.15, -0.1) is 0 Å². The van der Waals surface area contributed by atoms with Gasteiger partial charge < -0.3 is 14.3 Å². The normalized spacial score (nSPS) is 14.0. The van der Waals surface area contributed by atoms with E-state index >= 15 is 0 Å². The molecule has 98 valence electrons. The Morgan fingerprint density at radius 2 is 2.00 bits per heavy atom. The smallest absolute Gasteiger partial charge is 0.410 e. The molecule has 19 heavy (non-hydrogen) atoms. The molecule has 0 saturated carbocycles. The van der Waals surface area contributed by atoms with E-state index in [9.17, 15) is 9.59 Å². The highest BCUT2D eigenvalue weighted by Crippen LogP contribution is 2.09. The Balaban J connectivity index is 1.75. The van der Waals surface area contributed by atoms with Gasteiger partial charge in [0.1, 0.15) is 12.7 Å². The first-order chi connectivity index (χ1) is 9.15. The average molecular weight is 263 g/mol. The van der Waals surface area contributed by atoms with Crippen LogP contribution in [0.15, 0.2) is 42.2 Å². The van der Waals surface area contributed by atoms with Gasteiger partial charge in [0.05, 0.1) is 6.61 Å². The lowest BCUT2D eigenvalue weighted by Crippen LogP contribution is -2.15. The first-order valence-corrected chi connectivity index (χ1v) is 5.47. The summed E-state index contributed by atoms with van der Waals surface area (Å²) >= 11 is 0. The van der Waals surface area contributed by atoms with Gasteiger partial charge in [-0.05, 0) is 5.56 Å². The SMILES string of the molecule is O=C1C=C(OC(=O)COCc2ccccc2)C(=[OH+])O1. The highest BCUT2D eigenvalue weighted by Gasteiger charge is 2.37. The highest BCUT2D eigenvalue weighted by atomic mass is 16.6. The van der Waals surface area contributed by atoms with E-state index in [1.54, 1.807) is 0 Å². The fourth-order valence-corrected chi connectivity index (χ4v) is 1.40. The number of carbonyl (C=O) groups excluding carboxylic acids is 3. The summed E-state index contributed by atoms with van der Waals surface area (Å²) in [6, 6.07) is 9.31. The maximum Gasteiger partial charge on any atom is 0.564 e. The van der Waals surface area contributed by atoms with Crippen molar-refractivity contribution >= 4 is 17.9 Å². The van der Waals surface area contributed by atoms with Gasteiger partial charge in [-0.25, -0.2) is 14.3 Å². The lowest BCUT2D eigenvalue weighted by molar-refractivity contribution is -0.144. The van der Waals surface area contributed by atoms with Crippen molar-refractivity contribution < 1.29 is 28.6 Å². The number of benzene rings is 1. The molecule has 6 nitrogen and oxygen atoms in total. The van der Waals surface area contributed by atoms with E-state index < -0.39 is 17.9 Å². The topological polar surface area (TPSA) is 83.2 Å². The van der Waals surface area contributed by atoms with E-state index in [1.807, 2.05) is 30.3 Å². The van der Waals surface area contributed by atoms with E-state index in [1.165, 1.54) is 0 Å². The van der Waals surface area contributed by atoms with Crippen LogP contribution in [0, 0.1) is 0 Å². The maximum absolute atomic E-state index is 11.4. The van der Waals surface area contributed by atoms with Crippen LogP contribution in [0.1, 0.15) is 5.56 Å². The van der Waals surface area contributed by atoms with Crippen molar-refractivity contribution in [2.75, 3.05) is 6.61 Å². The van der Waals surface area contributed by atoms with E-state index in [-0.39, 0.29) is 19.0 Å². The molecule has 0 aromatic heterocycles. The molecule has 2 rings (SSSR count). The number of ether oxygens (including phenoxy) is 3. The summed E-state index contributed by atoms with van der Waals surface area (Å²) in [5.41, 5.74) is 0.920. The lowest BCUT2D eigenvalue weighted by atomic mass is 10.2. The van der Waals surface area contributed by atoms with Crippen LogP contribution in [0.5, 0.6) is 0 Å². The highest BCUT2D eigenvalue weighted by molar-refractivity contribution is 6.09. The van der Waals surface area contributed by atoms with Crippen LogP contribution in [0.3, 0.4) is 0 Å². The molecule has 0 aliphatic carbocycles. The fourth-order valence-electron chi connectivity index (χ4n) is 1.40. The number of esters is 3. The molecule has 1 N–H and O–H groups in total. The molecular weight excluding hydrogens is 252 g/mol. The zero-order valence-electron chi connectivity index (χ0n) is 9.87. The molecular formula is C13H11O6+. The average Bonchev–Trinajstić information content (AvgIpc) is 2.69. The van der Waals surface area contributed by atoms with E-state index in [4.69, 9.17) is 14.3 Å². The van der Waals surface area contributed by atoms with Crippen molar-refractivity contribution in [2.24, 2.45) is 0 Å². The van der Waals surface area contributed by atoms with Gasteiger partial charge in [-0.1, -0.05) is 30.3 Å². The second-order valence-corrected chi connectivity index (χ2v) is 3.69. The third-order valence-electron chi connectivity index (χ3n) is 2.21. The Hall–Kier alpha value is -2.47. The number of rotatable bonds is 5. The Morgan fingerprint density at radius 3 is 2.63 bits per heavy atom. The van der Waals surface area contributed by atoms with Gasteiger partial charge in [0, 0.05) is 0 Å². The third kappa shape index (κ3) is 3.75. The lowest BCUT2D eigenvalue weighted by Gasteiger charge is -2.03. The van der Waals surface area contributed by atoms with Crippen molar-refractivity contribution in [3.8, 4) is 0 Å². The molecule has 0 saturated heterocycles. The van der Waals surface area contributed by atoms with Crippen LogP contribution in [0.25, 0.3) is 0 Å². The Bertz CT molecular complexity index is 531. The minimum Gasteiger partial charge on any atom is -0.410 e. The summed E-state index contributed by atoms with van der Waals surface area (Å²) in [5.74, 6) is -2.54. The van der Waals surface area contributed by atoms with Crippen LogP contribution in [-0.4, -0.2) is 29.3 Å². The first kappa shape index (κ1) is 13.0. The van der Waals surface area contributed by atoms with Gasteiger partial charge in [0.15, 0.2) is 0 Å². The first-order valence-electron chi connectivity index (χ1n) is 5.47. The second-order valence-electron chi connectivity index (χ2n) is 3.69. The van der Waals surface area contributed by atoms with Gasteiger partial charge in [-0.2, -0.15) is 0 Å². The van der Waals surface area contributed by atoms with Crippen molar-refractivity contribution in [3.63, 3.8) is 0 Å². The quantitative estimate of drug-likeness (QED) is 0.443. The molecule has 0 unspecified atom stereocenters. The Kier molecular flexibility index (Phi) is 4.04. The molecule has 1 aliphatic heterocycles. The standard InChI is InChI=1S/C13H10O6/c14-11-6-10(13(16)19-11)18-12(15)8-17-7-9-4-2-1-3-5-9/h1-6H,7-8H2/p+1. The summed E-state index contributed by atoms with van der Waals surface area (Å²) < 4.78 is 14.1. The number of hydrogen-bond donors (Lipinski definition) is 0. The predicted molar refractivity (Wildman–Crippen MR) is 63.3 cm³/mol. The zero-order valence-corrected chi connectivity index (χ0v) is 9.87. The summed E-state index contributed by atoms with van der Waals surface area (Å²) in [5, 5.41) is 0. The predicted octanol–water partition coefficient (Wildman–Crippen LogP) is 0.690. The molecule has 6 heteroatoms. The molecule has 0 bridgehead atoms. The molecule has 1 heterocycles. The molecule has 0 fully saturated rings. The Labute approximate surface area is 108 Å². The second kappa shape index (κ2) is 5.92. The number of hydrogen-bond acceptors (Lipinski definition) is 5. The minimum absolute atomic E-state index is 0.264. The van der Waals surface area contributed by atoms with Crippen LogP contribution >= 0.6 is 0 Å². The van der Waals surface area contributed by atoms with Crippen LogP contribution in [0.4, 0.5) is 0 Å². The van der Waals surface area contributed by atoms with Crippen molar-refractivity contribution in [1.82, 2.24) is 0 Å². The molecule has 0 amide bonds. The Morgan fingerprint density at radius 1 is 1.26 bits per heavy atom. The summed E-state index contributed by atoms with van der Waals surface area (Å²) in [7, 11) is 0. The molecule has 0 atom stereocenters. The zero-order chi connectivity index (χ0) is 13.7. The molecule has 0 radical (unpaired) electrons. The van der Waals surface area contributed by atoms with Gasteiger partial charge in [0.2, 0.25) is 0 Å². The van der Waals surface area contributed by atoms with Gasteiger partial charge in [0.25, 0.3) is 5.76 Å². The number of cyclic esters (lactones) is 2. The summed E-state index contributed by atoms with van der Waals surface area (Å²) in [6.07, 6.45) is 0.879. The van der Waals surface area contributed by atoms with E-state index in [2.05, 4.69) is 4.74 Å². The van der Waals surface area contributed by atoms with Gasteiger partial charge >= 0.3 is 17.9 Å². The largest absolute Gasteiger partial charge is 0.564 e. The van der Waals surface area contributed by atoms with E-state index in [0.717, 1.165) is 11.6 Å². The van der Waals surface area contributed by atoms with Gasteiger partial charge in [-0.3, -0.25) is 0 Å². The summed E-state index contributed by atoms with van der Waals surface area (Å²) in [4.78, 5) is 31.2. The number of carbonyl (C=O) groups is 2. The molecule has 1 aromatic carbocycles. The van der Waals surface area contributed by atoms with Crippen LogP contribution < -0.4 is 0 Å².